The molecular weight excluding hydrogens is 364 g/mol. The van der Waals surface area contributed by atoms with Crippen LogP contribution in [0.4, 0.5) is 0 Å². The van der Waals surface area contributed by atoms with Crippen molar-refractivity contribution in [2.75, 3.05) is 79.7 Å². The summed E-state index contributed by atoms with van der Waals surface area (Å²) >= 11 is 0. The van der Waals surface area contributed by atoms with Crippen LogP contribution in [-0.4, -0.2) is 111 Å². The molecule has 0 amide bonds. The predicted octanol–water partition coefficient (Wildman–Crippen LogP) is 1.21. The fraction of sp³-hybridized carbons (Fsp3) is 0.955. The minimum absolute atomic E-state index is 0.0828. The summed E-state index contributed by atoms with van der Waals surface area (Å²) in [6.07, 6.45) is 6.57. The van der Waals surface area contributed by atoms with Crippen LogP contribution in [0.15, 0.2) is 4.99 Å². The summed E-state index contributed by atoms with van der Waals surface area (Å²) in [7, 11) is 4.14. The predicted molar refractivity (Wildman–Crippen MR) is 121 cm³/mol. The number of morpholine rings is 1. The van der Waals surface area contributed by atoms with Crippen molar-refractivity contribution in [2.45, 2.75) is 57.0 Å². The van der Waals surface area contributed by atoms with Crippen molar-refractivity contribution in [3.8, 4) is 0 Å². The number of hydrogen-bond donors (Lipinski definition) is 2. The minimum atomic E-state index is 0.0828. The van der Waals surface area contributed by atoms with Crippen LogP contribution in [0.25, 0.3) is 0 Å². The van der Waals surface area contributed by atoms with E-state index in [0.29, 0.717) is 0 Å². The van der Waals surface area contributed by atoms with Gasteiger partial charge < -0.3 is 20.3 Å². The third kappa shape index (κ3) is 6.06. The lowest BCUT2D eigenvalue weighted by Gasteiger charge is -2.50. The highest BCUT2D eigenvalue weighted by Crippen LogP contribution is 2.30. The first-order valence-electron chi connectivity index (χ1n) is 11.7. The van der Waals surface area contributed by atoms with Crippen molar-refractivity contribution in [3.05, 3.63) is 0 Å². The third-order valence-corrected chi connectivity index (χ3v) is 7.31. The lowest BCUT2D eigenvalue weighted by atomic mass is 9.84. The van der Waals surface area contributed by atoms with Gasteiger partial charge in [0.25, 0.3) is 0 Å². The van der Waals surface area contributed by atoms with Gasteiger partial charge in [-0.3, -0.25) is 14.8 Å². The van der Waals surface area contributed by atoms with Crippen LogP contribution in [0.5, 0.6) is 0 Å². The number of likely N-dealkylation sites (tertiary alicyclic amines) is 2. The number of rotatable bonds is 6. The summed E-state index contributed by atoms with van der Waals surface area (Å²) in [4.78, 5) is 12.3. The first-order valence-corrected chi connectivity index (χ1v) is 11.7. The van der Waals surface area contributed by atoms with Gasteiger partial charge in [0, 0.05) is 44.3 Å². The molecule has 2 N–H and O–H groups in total. The van der Waals surface area contributed by atoms with Crippen molar-refractivity contribution in [2.24, 2.45) is 4.99 Å². The first kappa shape index (κ1) is 22.8. The second-order valence-electron chi connectivity index (χ2n) is 9.77. The molecule has 0 unspecified atom stereocenters. The van der Waals surface area contributed by atoms with E-state index < -0.39 is 0 Å². The molecule has 0 aromatic heterocycles. The number of hydrogen-bond acceptors (Lipinski definition) is 5. The number of ether oxygens (including phenoxy) is 1. The third-order valence-electron chi connectivity index (χ3n) is 7.31. The molecular formula is C22H44N6O. The van der Waals surface area contributed by atoms with Gasteiger partial charge in [0.2, 0.25) is 0 Å². The minimum Gasteiger partial charge on any atom is -0.379 e. The topological polar surface area (TPSA) is 55.4 Å². The number of nitrogens with zero attached hydrogens (tertiary/aromatic N) is 4. The van der Waals surface area contributed by atoms with Gasteiger partial charge in [-0.1, -0.05) is 6.42 Å². The van der Waals surface area contributed by atoms with Crippen LogP contribution in [-0.2, 0) is 4.74 Å². The Labute approximate surface area is 178 Å². The molecule has 29 heavy (non-hydrogen) atoms. The van der Waals surface area contributed by atoms with Crippen LogP contribution in [0.3, 0.4) is 0 Å². The summed E-state index contributed by atoms with van der Waals surface area (Å²) in [6.45, 7) is 15.1. The van der Waals surface area contributed by atoms with Gasteiger partial charge in [0.15, 0.2) is 5.96 Å². The molecule has 3 rings (SSSR count). The molecule has 3 aliphatic rings. The maximum Gasteiger partial charge on any atom is 0.191 e. The summed E-state index contributed by atoms with van der Waals surface area (Å²) < 4.78 is 5.52. The zero-order chi connectivity index (χ0) is 20.7. The Kier molecular flexibility index (Phi) is 8.19. The van der Waals surface area contributed by atoms with Gasteiger partial charge in [-0.2, -0.15) is 0 Å². The normalized spacial score (nSPS) is 25.7. The Morgan fingerprint density at radius 2 is 1.62 bits per heavy atom. The molecule has 0 saturated carbocycles. The maximum atomic E-state index is 5.52. The first-order chi connectivity index (χ1) is 14.0. The Hall–Kier alpha value is -0.890. The van der Waals surface area contributed by atoms with Gasteiger partial charge in [-0.15, -0.1) is 0 Å². The molecule has 0 aromatic carbocycles. The summed E-state index contributed by atoms with van der Waals surface area (Å²) in [5.41, 5.74) is 0.351. The van der Waals surface area contributed by atoms with E-state index >= 15 is 0 Å². The van der Waals surface area contributed by atoms with Crippen LogP contribution < -0.4 is 10.6 Å². The van der Waals surface area contributed by atoms with Crippen LogP contribution in [0.1, 0.15) is 46.0 Å². The van der Waals surface area contributed by atoms with E-state index in [1.54, 1.807) is 0 Å². The number of guanidine groups is 1. The fourth-order valence-electron chi connectivity index (χ4n) is 5.06. The summed E-state index contributed by atoms with van der Waals surface area (Å²) in [5, 5.41) is 7.31. The Bertz CT molecular complexity index is 517. The molecule has 7 heteroatoms. The largest absolute Gasteiger partial charge is 0.379 e. The van der Waals surface area contributed by atoms with E-state index in [0.717, 1.165) is 45.4 Å². The molecule has 3 fully saturated rings. The number of aliphatic imine (C=N–C) groups is 1. The van der Waals surface area contributed by atoms with E-state index in [9.17, 15) is 0 Å². The van der Waals surface area contributed by atoms with Crippen molar-refractivity contribution in [1.82, 2.24) is 25.3 Å². The summed E-state index contributed by atoms with van der Waals surface area (Å²) in [6, 6.07) is 0. The molecule has 0 radical (unpaired) electrons. The highest BCUT2D eigenvalue weighted by Gasteiger charge is 2.39. The molecule has 7 nitrogen and oxygen atoms in total. The molecule has 3 saturated heterocycles. The van der Waals surface area contributed by atoms with Gasteiger partial charge in [0.05, 0.1) is 13.2 Å². The second-order valence-corrected chi connectivity index (χ2v) is 9.77. The SMILES string of the molecule is CN=C(NCC(C)(C)N1CCOCC1)NCC1(N2CCCCC2)CCN(C)CC1. The molecule has 0 atom stereocenters. The van der Waals surface area contributed by atoms with Crippen molar-refractivity contribution >= 4 is 5.96 Å². The monoisotopic (exact) mass is 408 g/mol. The van der Waals surface area contributed by atoms with Gasteiger partial charge >= 0.3 is 0 Å². The molecule has 0 bridgehead atoms. The highest BCUT2D eigenvalue weighted by atomic mass is 16.5. The van der Waals surface area contributed by atoms with Gasteiger partial charge in [-0.05, 0) is 72.8 Å². The lowest BCUT2D eigenvalue weighted by Crippen LogP contribution is -2.62. The highest BCUT2D eigenvalue weighted by molar-refractivity contribution is 5.79. The number of nitrogens with one attached hydrogen (secondary N) is 2. The second kappa shape index (κ2) is 10.4. The van der Waals surface area contributed by atoms with Crippen molar-refractivity contribution in [1.29, 1.82) is 0 Å². The molecule has 0 spiro atoms. The van der Waals surface area contributed by atoms with Crippen molar-refractivity contribution in [3.63, 3.8) is 0 Å². The zero-order valence-electron chi connectivity index (χ0n) is 19.3. The smallest absolute Gasteiger partial charge is 0.191 e. The standard InChI is InChI=1S/C22H44N6O/c1-21(2,27-14-16-29-17-15-27)18-24-20(23-3)25-19-22(8-12-26(4)13-9-22)28-10-6-5-7-11-28/h5-19H2,1-4H3,(H2,23,24,25). The van der Waals surface area contributed by atoms with Gasteiger partial charge in [0.1, 0.15) is 0 Å². The fourth-order valence-corrected chi connectivity index (χ4v) is 5.06. The molecule has 3 heterocycles. The summed E-state index contributed by atoms with van der Waals surface area (Å²) in [5.74, 6) is 0.932. The Morgan fingerprint density at radius 1 is 0.966 bits per heavy atom. The van der Waals surface area contributed by atoms with Crippen LogP contribution in [0.2, 0.25) is 0 Å². The number of piperidine rings is 2. The van der Waals surface area contributed by atoms with Crippen molar-refractivity contribution < 1.29 is 4.74 Å². The quantitative estimate of drug-likeness (QED) is 0.509. The molecule has 168 valence electrons. The Balaban J connectivity index is 1.55. The van der Waals surface area contributed by atoms with Crippen LogP contribution >= 0.6 is 0 Å². The van der Waals surface area contributed by atoms with E-state index in [-0.39, 0.29) is 11.1 Å². The average Bonchev–Trinajstić information content (AvgIpc) is 2.76. The Morgan fingerprint density at radius 3 is 2.24 bits per heavy atom. The van der Waals surface area contributed by atoms with Crippen LogP contribution in [0, 0.1) is 0 Å². The van der Waals surface area contributed by atoms with E-state index in [1.165, 1.54) is 58.3 Å². The van der Waals surface area contributed by atoms with E-state index in [1.807, 2.05) is 7.05 Å². The lowest BCUT2D eigenvalue weighted by molar-refractivity contribution is -0.00842. The molecule has 0 aromatic rings. The molecule has 0 aliphatic carbocycles. The van der Waals surface area contributed by atoms with E-state index in [4.69, 9.17) is 4.74 Å². The zero-order valence-corrected chi connectivity index (χ0v) is 19.3. The maximum absolute atomic E-state index is 5.52. The average molecular weight is 409 g/mol. The van der Waals surface area contributed by atoms with Gasteiger partial charge in [-0.25, -0.2) is 0 Å². The molecule has 3 aliphatic heterocycles. The van der Waals surface area contributed by atoms with E-state index in [2.05, 4.69) is 51.2 Å².